The number of hydrogen-bond donors (Lipinski definition) is 1. The first-order valence-electron chi connectivity index (χ1n) is 4.52. The molecule has 17 heavy (non-hydrogen) atoms. The number of carbonyl (C=O) groups is 1. The second-order valence-corrected chi connectivity index (χ2v) is 3.63. The number of halogens is 2. The molecule has 2 aromatic rings. The van der Waals surface area contributed by atoms with Crippen LogP contribution < -0.4 is 4.74 Å². The van der Waals surface area contributed by atoms with E-state index in [-0.39, 0.29) is 57.1 Å². The number of aryl methyl sites for hydroxylation is 1. The number of nitrogens with zero attached hydrogens (tertiary/aromatic N) is 1. The van der Waals surface area contributed by atoms with Gasteiger partial charge in [-0.05, 0) is 18.6 Å². The summed E-state index contributed by atoms with van der Waals surface area (Å²) in [6, 6.07) is 1.68. The van der Waals surface area contributed by atoms with Gasteiger partial charge in [0.2, 0.25) is 0 Å². The van der Waals surface area contributed by atoms with E-state index in [2.05, 4.69) is 9.97 Å². The number of rotatable bonds is 2. The van der Waals surface area contributed by atoms with E-state index >= 15 is 0 Å². The van der Waals surface area contributed by atoms with Crippen LogP contribution in [0.3, 0.4) is 0 Å². The predicted molar refractivity (Wildman–Crippen MR) is 64.6 cm³/mol. The van der Waals surface area contributed by atoms with Gasteiger partial charge >= 0.3 is 57.4 Å². The van der Waals surface area contributed by atoms with Gasteiger partial charge in [-0.2, -0.15) is 0 Å². The Bertz CT molecular complexity index is 558. The number of alkyl halides is 1. The van der Waals surface area contributed by atoms with Gasteiger partial charge in [0.05, 0.1) is 5.52 Å². The Morgan fingerprint density at radius 3 is 3.00 bits per heavy atom. The van der Waals surface area contributed by atoms with Crippen LogP contribution in [0.15, 0.2) is 12.3 Å². The summed E-state index contributed by atoms with van der Waals surface area (Å²) in [5.41, 5.74) is 2.01. The van der Waals surface area contributed by atoms with E-state index in [0.717, 1.165) is 5.56 Å². The summed E-state index contributed by atoms with van der Waals surface area (Å²) in [5.74, 6) is -0.774. The van der Waals surface area contributed by atoms with Gasteiger partial charge in [-0.15, -0.1) is 0 Å². The molecule has 0 unspecified atom stereocenters. The van der Waals surface area contributed by atoms with Gasteiger partial charge in [-0.3, -0.25) is 0 Å². The summed E-state index contributed by atoms with van der Waals surface area (Å²) in [6.45, 7) is 0.666. The number of aromatic nitrogens is 2. The van der Waals surface area contributed by atoms with E-state index in [1.807, 2.05) is 6.92 Å². The first kappa shape index (κ1) is 15.1. The fourth-order valence-electron chi connectivity index (χ4n) is 1.43. The molecule has 0 aliphatic carbocycles. The van der Waals surface area contributed by atoms with Gasteiger partial charge in [-0.1, -0.05) is 11.6 Å². The zero-order valence-corrected chi connectivity index (χ0v) is 9.14. The van der Waals surface area contributed by atoms with Gasteiger partial charge < -0.3 is 9.72 Å². The number of H-pyrrole nitrogens is 1. The summed E-state index contributed by atoms with van der Waals surface area (Å²) >= 11 is 5.78. The van der Waals surface area contributed by atoms with Crippen LogP contribution in [0.1, 0.15) is 5.56 Å². The van der Waals surface area contributed by atoms with Gasteiger partial charge in [-0.25, -0.2) is 14.2 Å². The molecule has 0 atom stereocenters. The quantitative estimate of drug-likeness (QED) is 0.519. The first-order valence-corrected chi connectivity index (χ1v) is 4.90. The van der Waals surface area contributed by atoms with E-state index in [1.54, 1.807) is 6.07 Å². The van der Waals surface area contributed by atoms with Crippen molar-refractivity contribution < 1.29 is 13.9 Å². The predicted octanol–water partition coefficient (Wildman–Crippen LogP) is 1.75. The van der Waals surface area contributed by atoms with Crippen LogP contribution in [-0.2, 0) is 4.79 Å². The van der Waals surface area contributed by atoms with Crippen molar-refractivity contribution in [2.75, 3.05) is 6.67 Å². The molecule has 2 heterocycles. The van der Waals surface area contributed by atoms with Crippen molar-refractivity contribution >= 4 is 80.0 Å². The molecule has 0 amide bonds. The third-order valence-electron chi connectivity index (χ3n) is 2.10. The van der Waals surface area contributed by atoms with Crippen LogP contribution in [-0.4, -0.2) is 74.0 Å². The van der Waals surface area contributed by atoms with Gasteiger partial charge in [0.1, 0.15) is 10.7 Å². The standard InChI is InChI=1S/C10H8ClFN2O2.K.H/c1-5-2-7(11)14-10-6(4-13-9(5)10)16-8(15)3-12;;/h2,4,13H,3H2,1H3;;. The molecule has 2 aromatic heterocycles. The van der Waals surface area contributed by atoms with Crippen molar-refractivity contribution in [3.05, 3.63) is 23.0 Å². The summed E-state index contributed by atoms with van der Waals surface area (Å²) in [7, 11) is 0. The number of esters is 1. The third-order valence-corrected chi connectivity index (χ3v) is 2.29. The number of ether oxygens (including phenoxy) is 1. The Morgan fingerprint density at radius 2 is 2.35 bits per heavy atom. The van der Waals surface area contributed by atoms with Crippen LogP contribution >= 0.6 is 11.6 Å². The molecular formula is C10H9ClFKN2O2. The van der Waals surface area contributed by atoms with Gasteiger partial charge in [0.25, 0.3) is 0 Å². The van der Waals surface area contributed by atoms with Crippen LogP contribution in [0.2, 0.25) is 5.15 Å². The first-order chi connectivity index (χ1) is 7.61. The zero-order valence-electron chi connectivity index (χ0n) is 8.38. The van der Waals surface area contributed by atoms with Crippen molar-refractivity contribution in [1.82, 2.24) is 9.97 Å². The Hall–Kier alpha value is 0.0164. The van der Waals surface area contributed by atoms with E-state index in [1.165, 1.54) is 6.20 Å². The third kappa shape index (κ3) is 3.27. The molecule has 1 N–H and O–H groups in total. The second-order valence-electron chi connectivity index (χ2n) is 3.25. The molecule has 0 saturated heterocycles. The molecule has 7 heteroatoms. The van der Waals surface area contributed by atoms with Crippen LogP contribution in [0, 0.1) is 6.92 Å². The minimum atomic E-state index is -1.17. The van der Waals surface area contributed by atoms with E-state index in [0.29, 0.717) is 16.2 Å². The number of nitrogens with one attached hydrogen (secondary N) is 1. The molecule has 0 saturated carbocycles. The molecule has 4 nitrogen and oxygen atoms in total. The summed E-state index contributed by atoms with van der Waals surface area (Å²) < 4.78 is 16.8. The number of aromatic amines is 1. The Morgan fingerprint density at radius 1 is 1.65 bits per heavy atom. The molecule has 0 aromatic carbocycles. The van der Waals surface area contributed by atoms with Gasteiger partial charge in [0, 0.05) is 6.20 Å². The fourth-order valence-corrected chi connectivity index (χ4v) is 1.68. The average Bonchev–Trinajstić information content (AvgIpc) is 2.61. The molecule has 0 radical (unpaired) electrons. The average molecular weight is 283 g/mol. The molecule has 0 fully saturated rings. The second kappa shape index (κ2) is 6.26. The SMILES string of the molecule is Cc1cc(Cl)nc2c(OC(=O)CF)c[nH]c12.[KH]. The topological polar surface area (TPSA) is 55.0 Å². The monoisotopic (exact) mass is 282 g/mol. The van der Waals surface area contributed by atoms with Crippen LogP contribution in [0.4, 0.5) is 4.39 Å². The maximum atomic E-state index is 12.0. The van der Waals surface area contributed by atoms with E-state index in [4.69, 9.17) is 16.3 Å². The van der Waals surface area contributed by atoms with Crippen molar-refractivity contribution in [2.45, 2.75) is 6.92 Å². The fraction of sp³-hybridized carbons (Fsp3) is 0.200. The summed E-state index contributed by atoms with van der Waals surface area (Å²) in [6.07, 6.45) is 1.45. The maximum absolute atomic E-state index is 12.0. The number of hydrogen-bond acceptors (Lipinski definition) is 3. The summed E-state index contributed by atoms with van der Waals surface area (Å²) in [4.78, 5) is 17.7. The molecule has 0 aliphatic rings. The van der Waals surface area contributed by atoms with Crippen molar-refractivity contribution in [3.63, 3.8) is 0 Å². The van der Waals surface area contributed by atoms with Crippen molar-refractivity contribution in [3.8, 4) is 5.75 Å². The number of fused-ring (bicyclic) bond motifs is 1. The number of carbonyl (C=O) groups excluding carboxylic acids is 1. The molecule has 2 rings (SSSR count). The molecular weight excluding hydrogens is 274 g/mol. The Balaban J connectivity index is 0.00000144. The van der Waals surface area contributed by atoms with E-state index in [9.17, 15) is 9.18 Å². The molecule has 0 aliphatic heterocycles. The number of pyridine rings is 1. The Kier molecular flexibility index (Phi) is 5.55. The molecule has 0 spiro atoms. The molecule has 0 bridgehead atoms. The summed E-state index contributed by atoms with van der Waals surface area (Å²) in [5, 5.41) is 0.294. The Labute approximate surface area is 144 Å². The van der Waals surface area contributed by atoms with Crippen LogP contribution in [0.25, 0.3) is 11.0 Å². The normalized spacial score (nSPS) is 10.1. The van der Waals surface area contributed by atoms with Gasteiger partial charge in [0.15, 0.2) is 12.4 Å². The zero-order chi connectivity index (χ0) is 11.7. The minimum absolute atomic E-state index is 0. The molecule has 86 valence electrons. The van der Waals surface area contributed by atoms with Crippen molar-refractivity contribution in [1.29, 1.82) is 0 Å². The van der Waals surface area contributed by atoms with E-state index < -0.39 is 12.6 Å². The van der Waals surface area contributed by atoms with Crippen LogP contribution in [0.5, 0.6) is 5.75 Å². The van der Waals surface area contributed by atoms with Crippen molar-refractivity contribution in [2.24, 2.45) is 0 Å².